The quantitative estimate of drug-likeness (QED) is 0.843. The van der Waals surface area contributed by atoms with E-state index >= 15 is 0 Å². The largest absolute Gasteiger partial charge is 0.477 e. The van der Waals surface area contributed by atoms with Gasteiger partial charge in [-0.15, -0.1) is 11.3 Å². The second-order valence-electron chi connectivity index (χ2n) is 3.68. The lowest BCUT2D eigenvalue weighted by Gasteiger charge is -1.94. The molecule has 0 atom stereocenters. The summed E-state index contributed by atoms with van der Waals surface area (Å²) in [5, 5.41) is 9.66. The molecule has 0 radical (unpaired) electrons. The zero-order chi connectivity index (χ0) is 10.4. The van der Waals surface area contributed by atoms with Gasteiger partial charge in [-0.05, 0) is 18.9 Å². The van der Waals surface area contributed by atoms with Crippen LogP contribution < -0.4 is 0 Å². The molecule has 0 saturated heterocycles. The SMILES string of the molecule is O=C(O)c1cc2cnc(C3CC3)nc2s1. The number of nitrogens with zero attached hydrogens (tertiary/aromatic N) is 2. The maximum atomic E-state index is 10.8. The average molecular weight is 220 g/mol. The van der Waals surface area contributed by atoms with Crippen molar-refractivity contribution in [1.82, 2.24) is 9.97 Å². The fourth-order valence-corrected chi connectivity index (χ4v) is 2.34. The Balaban J connectivity index is 2.13. The topological polar surface area (TPSA) is 63.1 Å². The first-order valence-electron chi connectivity index (χ1n) is 4.74. The number of fused-ring (bicyclic) bond motifs is 1. The van der Waals surface area contributed by atoms with Crippen molar-refractivity contribution in [2.45, 2.75) is 18.8 Å². The third kappa shape index (κ3) is 1.48. The van der Waals surface area contributed by atoms with Crippen molar-refractivity contribution in [2.75, 3.05) is 0 Å². The van der Waals surface area contributed by atoms with E-state index in [1.54, 1.807) is 12.3 Å². The molecular formula is C10H8N2O2S. The van der Waals surface area contributed by atoms with E-state index in [-0.39, 0.29) is 0 Å². The molecule has 1 saturated carbocycles. The van der Waals surface area contributed by atoms with Crippen molar-refractivity contribution in [3.63, 3.8) is 0 Å². The number of aromatic nitrogens is 2. The Bertz CT molecular complexity index is 545. The van der Waals surface area contributed by atoms with Crippen molar-refractivity contribution in [3.05, 3.63) is 23.0 Å². The molecule has 2 aromatic rings. The van der Waals surface area contributed by atoms with Gasteiger partial charge in [0.2, 0.25) is 0 Å². The molecule has 0 aromatic carbocycles. The summed E-state index contributed by atoms with van der Waals surface area (Å²) in [5.41, 5.74) is 0. The van der Waals surface area contributed by atoms with Gasteiger partial charge in [0.05, 0.1) is 0 Å². The summed E-state index contributed by atoms with van der Waals surface area (Å²) in [6, 6.07) is 1.62. The molecule has 0 spiro atoms. The van der Waals surface area contributed by atoms with E-state index in [9.17, 15) is 4.79 Å². The number of carboxylic acids is 1. The summed E-state index contributed by atoms with van der Waals surface area (Å²) < 4.78 is 0. The first kappa shape index (κ1) is 8.79. The highest BCUT2D eigenvalue weighted by Crippen LogP contribution is 2.38. The minimum atomic E-state index is -0.897. The van der Waals surface area contributed by atoms with Crippen molar-refractivity contribution >= 4 is 27.5 Å². The van der Waals surface area contributed by atoms with Crippen LogP contribution in [0.3, 0.4) is 0 Å². The van der Waals surface area contributed by atoms with E-state index in [4.69, 9.17) is 5.11 Å². The van der Waals surface area contributed by atoms with E-state index in [1.807, 2.05) is 0 Å². The molecule has 1 aliphatic rings. The van der Waals surface area contributed by atoms with Crippen molar-refractivity contribution in [2.24, 2.45) is 0 Å². The monoisotopic (exact) mass is 220 g/mol. The zero-order valence-corrected chi connectivity index (χ0v) is 8.62. The van der Waals surface area contributed by atoms with Crippen molar-refractivity contribution in [1.29, 1.82) is 0 Å². The molecule has 0 aliphatic heterocycles. The van der Waals surface area contributed by atoms with Crippen LogP contribution >= 0.6 is 11.3 Å². The molecule has 0 amide bonds. The van der Waals surface area contributed by atoms with Gasteiger partial charge >= 0.3 is 5.97 Å². The lowest BCUT2D eigenvalue weighted by Crippen LogP contribution is -1.89. The van der Waals surface area contributed by atoms with Crippen molar-refractivity contribution < 1.29 is 9.90 Å². The Kier molecular flexibility index (Phi) is 1.76. The Labute approximate surface area is 89.6 Å². The Hall–Kier alpha value is -1.49. The fraction of sp³-hybridized carbons (Fsp3) is 0.300. The van der Waals surface area contributed by atoms with E-state index in [2.05, 4.69) is 9.97 Å². The standard InChI is InChI=1S/C10H8N2O2S/c13-10(14)7-3-6-4-11-8(5-1-2-5)12-9(6)15-7/h3-5H,1-2H2,(H,13,14). The van der Waals surface area contributed by atoms with E-state index in [0.717, 1.165) is 28.9 Å². The number of thiophene rings is 1. The van der Waals surface area contributed by atoms with Crippen LogP contribution in [-0.2, 0) is 0 Å². The van der Waals surface area contributed by atoms with Gasteiger partial charge in [0.15, 0.2) is 0 Å². The molecule has 0 bridgehead atoms. The maximum absolute atomic E-state index is 10.8. The normalized spacial score (nSPS) is 15.7. The summed E-state index contributed by atoms with van der Waals surface area (Å²) in [4.78, 5) is 20.5. The molecule has 15 heavy (non-hydrogen) atoms. The van der Waals surface area contributed by atoms with Gasteiger partial charge < -0.3 is 5.11 Å². The lowest BCUT2D eigenvalue weighted by atomic mass is 10.3. The summed E-state index contributed by atoms with van der Waals surface area (Å²) >= 11 is 1.21. The van der Waals surface area contributed by atoms with Crippen LogP contribution in [0.4, 0.5) is 0 Å². The van der Waals surface area contributed by atoms with Gasteiger partial charge in [-0.1, -0.05) is 0 Å². The number of rotatable bonds is 2. The van der Waals surface area contributed by atoms with Gasteiger partial charge in [0.1, 0.15) is 15.5 Å². The van der Waals surface area contributed by atoms with E-state index in [0.29, 0.717) is 10.8 Å². The minimum absolute atomic E-state index is 0.326. The Morgan fingerprint density at radius 1 is 1.53 bits per heavy atom. The predicted octanol–water partition coefficient (Wildman–Crippen LogP) is 2.27. The van der Waals surface area contributed by atoms with Crippen LogP contribution in [0.1, 0.15) is 34.3 Å². The first-order chi connectivity index (χ1) is 7.24. The number of carbonyl (C=O) groups is 1. The zero-order valence-electron chi connectivity index (χ0n) is 7.80. The third-order valence-corrected chi connectivity index (χ3v) is 3.48. The number of carboxylic acid groups (broad SMARTS) is 1. The van der Waals surface area contributed by atoms with Crippen LogP contribution in [0.15, 0.2) is 12.3 Å². The number of hydrogen-bond donors (Lipinski definition) is 1. The van der Waals surface area contributed by atoms with Crippen LogP contribution in [0.25, 0.3) is 10.2 Å². The Morgan fingerprint density at radius 3 is 3.00 bits per heavy atom. The van der Waals surface area contributed by atoms with Crippen LogP contribution in [0.2, 0.25) is 0 Å². The van der Waals surface area contributed by atoms with E-state index in [1.165, 1.54) is 11.3 Å². The minimum Gasteiger partial charge on any atom is -0.477 e. The van der Waals surface area contributed by atoms with Crippen LogP contribution in [0.5, 0.6) is 0 Å². The summed E-state index contributed by atoms with van der Waals surface area (Å²) in [6.07, 6.45) is 4.03. The molecule has 2 aromatic heterocycles. The van der Waals surface area contributed by atoms with Gasteiger partial charge in [0.25, 0.3) is 0 Å². The third-order valence-electron chi connectivity index (χ3n) is 2.45. The van der Waals surface area contributed by atoms with Gasteiger partial charge in [-0.25, -0.2) is 14.8 Å². The molecule has 76 valence electrons. The molecule has 2 heterocycles. The van der Waals surface area contributed by atoms with Gasteiger partial charge in [-0.3, -0.25) is 0 Å². The number of aromatic carboxylic acids is 1. The average Bonchev–Trinajstić information content (AvgIpc) is 2.96. The highest BCUT2D eigenvalue weighted by Gasteiger charge is 2.26. The summed E-state index contributed by atoms with van der Waals surface area (Å²) in [7, 11) is 0. The van der Waals surface area contributed by atoms with Crippen LogP contribution in [0, 0.1) is 0 Å². The fourth-order valence-electron chi connectivity index (χ4n) is 1.49. The summed E-state index contributed by atoms with van der Waals surface area (Å²) in [6.45, 7) is 0. The maximum Gasteiger partial charge on any atom is 0.345 e. The first-order valence-corrected chi connectivity index (χ1v) is 5.55. The van der Waals surface area contributed by atoms with Crippen LogP contribution in [-0.4, -0.2) is 21.0 Å². The molecule has 4 nitrogen and oxygen atoms in total. The second kappa shape index (κ2) is 3.00. The Morgan fingerprint density at radius 2 is 2.33 bits per heavy atom. The molecule has 5 heteroatoms. The molecule has 1 fully saturated rings. The highest BCUT2D eigenvalue weighted by atomic mass is 32.1. The van der Waals surface area contributed by atoms with Crippen molar-refractivity contribution in [3.8, 4) is 0 Å². The molecule has 1 N–H and O–H groups in total. The molecule has 3 rings (SSSR count). The molecule has 1 aliphatic carbocycles. The second-order valence-corrected chi connectivity index (χ2v) is 4.71. The molecule has 0 unspecified atom stereocenters. The number of hydrogen-bond acceptors (Lipinski definition) is 4. The molecular weight excluding hydrogens is 212 g/mol. The smallest absolute Gasteiger partial charge is 0.345 e. The lowest BCUT2D eigenvalue weighted by molar-refractivity contribution is 0.0702. The van der Waals surface area contributed by atoms with E-state index < -0.39 is 5.97 Å². The summed E-state index contributed by atoms with van der Waals surface area (Å²) in [5.74, 6) is 0.469. The van der Waals surface area contributed by atoms with Gasteiger partial charge in [0, 0.05) is 17.5 Å². The van der Waals surface area contributed by atoms with Gasteiger partial charge in [-0.2, -0.15) is 0 Å². The predicted molar refractivity (Wildman–Crippen MR) is 56.3 cm³/mol. The highest BCUT2D eigenvalue weighted by molar-refractivity contribution is 7.20.